The van der Waals surface area contributed by atoms with Crippen molar-refractivity contribution in [3.8, 4) is 22.6 Å². The summed E-state index contributed by atoms with van der Waals surface area (Å²) in [7, 11) is 0. The highest BCUT2D eigenvalue weighted by molar-refractivity contribution is 5.72. The third-order valence-corrected chi connectivity index (χ3v) is 3.57. The van der Waals surface area contributed by atoms with Gasteiger partial charge >= 0.3 is 0 Å². The number of phenols is 1. The minimum absolute atomic E-state index is 0.137. The van der Waals surface area contributed by atoms with Gasteiger partial charge in [-0.15, -0.1) is 0 Å². The van der Waals surface area contributed by atoms with E-state index in [0.717, 1.165) is 30.4 Å². The van der Waals surface area contributed by atoms with Gasteiger partial charge in [0.15, 0.2) is 0 Å². The van der Waals surface area contributed by atoms with E-state index in [1.807, 2.05) is 13.0 Å². The number of phenolic OH excluding ortho intramolecular Hbond substituents is 1. The highest BCUT2D eigenvalue weighted by atomic mass is 19.1. The largest absolute Gasteiger partial charge is 0.507 e. The lowest BCUT2D eigenvalue weighted by Crippen LogP contribution is -2.04. The first-order valence-corrected chi connectivity index (χ1v) is 7.60. The molecule has 0 radical (unpaired) electrons. The molecular weight excluding hydrogens is 281 g/mol. The number of benzene rings is 2. The maximum Gasteiger partial charge on any atom is 0.127 e. The Kier molecular flexibility index (Phi) is 5.78. The van der Waals surface area contributed by atoms with Gasteiger partial charge in [0.2, 0.25) is 0 Å². The highest BCUT2D eigenvalue weighted by Crippen LogP contribution is 2.35. The molecule has 3 nitrogen and oxygen atoms in total. The topological polar surface area (TPSA) is 55.5 Å². The van der Waals surface area contributed by atoms with E-state index >= 15 is 0 Å². The summed E-state index contributed by atoms with van der Waals surface area (Å²) in [6, 6.07) is 9.63. The van der Waals surface area contributed by atoms with Gasteiger partial charge in [-0.2, -0.15) is 0 Å². The van der Waals surface area contributed by atoms with Gasteiger partial charge in [-0.1, -0.05) is 19.1 Å². The van der Waals surface area contributed by atoms with Gasteiger partial charge in [-0.3, -0.25) is 0 Å². The molecule has 0 spiro atoms. The molecule has 2 aromatic rings. The second kappa shape index (κ2) is 7.80. The molecule has 0 atom stereocenters. The summed E-state index contributed by atoms with van der Waals surface area (Å²) in [5.41, 5.74) is 7.95. The maximum atomic E-state index is 13.0. The van der Waals surface area contributed by atoms with Crippen LogP contribution in [0.5, 0.6) is 11.5 Å². The minimum Gasteiger partial charge on any atom is -0.507 e. The predicted octanol–water partition coefficient (Wildman–Crippen LogP) is 3.88. The van der Waals surface area contributed by atoms with E-state index in [1.165, 1.54) is 12.1 Å². The number of halogens is 1. The van der Waals surface area contributed by atoms with E-state index in [1.54, 1.807) is 18.2 Å². The molecule has 0 saturated carbocycles. The second-order valence-electron chi connectivity index (χ2n) is 5.18. The van der Waals surface area contributed by atoms with Crippen LogP contribution < -0.4 is 10.5 Å². The molecule has 2 rings (SSSR count). The summed E-state index contributed by atoms with van der Waals surface area (Å²) in [5, 5.41) is 10.2. The number of rotatable bonds is 7. The van der Waals surface area contributed by atoms with Crippen LogP contribution in [0.4, 0.5) is 4.39 Å². The lowest BCUT2D eigenvalue weighted by atomic mass is 10.00. The number of hydrogen-bond acceptors (Lipinski definition) is 3. The van der Waals surface area contributed by atoms with Crippen molar-refractivity contribution < 1.29 is 14.2 Å². The molecular formula is C18H22FNO2. The molecule has 0 aliphatic rings. The summed E-state index contributed by atoms with van der Waals surface area (Å²) < 4.78 is 18.8. The van der Waals surface area contributed by atoms with Crippen molar-refractivity contribution in [2.45, 2.75) is 26.2 Å². The summed E-state index contributed by atoms with van der Waals surface area (Å²) in [6.07, 6.45) is 2.60. The molecule has 4 heteroatoms. The Labute approximate surface area is 130 Å². The highest BCUT2D eigenvalue weighted by Gasteiger charge is 2.11. The summed E-state index contributed by atoms with van der Waals surface area (Å²) in [4.78, 5) is 0. The van der Waals surface area contributed by atoms with E-state index in [4.69, 9.17) is 10.5 Å². The molecule has 0 aliphatic heterocycles. The van der Waals surface area contributed by atoms with Crippen LogP contribution in [-0.2, 0) is 6.42 Å². The van der Waals surface area contributed by atoms with Gasteiger partial charge in [0.25, 0.3) is 0 Å². The van der Waals surface area contributed by atoms with Crippen LogP contribution in [0.2, 0.25) is 0 Å². The normalized spacial score (nSPS) is 10.7. The van der Waals surface area contributed by atoms with Gasteiger partial charge in [0.1, 0.15) is 17.3 Å². The van der Waals surface area contributed by atoms with Gasteiger partial charge in [-0.05, 0) is 55.1 Å². The summed E-state index contributed by atoms with van der Waals surface area (Å²) in [5.74, 6) is 0.541. The standard InChI is InChI=1S/C18H22FNO2/c1-2-13-11-16(14-5-7-15(19)8-6-14)17(21)12-18(13)22-10-4-3-9-20/h5-8,11-12,21H,2-4,9-10,20H2,1H3. The molecule has 2 aromatic carbocycles. The fourth-order valence-electron chi connectivity index (χ4n) is 2.31. The average molecular weight is 303 g/mol. The molecule has 0 heterocycles. The zero-order chi connectivity index (χ0) is 15.9. The molecule has 0 aromatic heterocycles. The predicted molar refractivity (Wildman–Crippen MR) is 86.7 cm³/mol. The number of ether oxygens (including phenoxy) is 1. The first-order chi connectivity index (χ1) is 10.7. The molecule has 22 heavy (non-hydrogen) atoms. The van der Waals surface area contributed by atoms with Crippen molar-refractivity contribution in [3.63, 3.8) is 0 Å². The fraction of sp³-hybridized carbons (Fsp3) is 0.333. The van der Waals surface area contributed by atoms with Crippen LogP contribution in [-0.4, -0.2) is 18.3 Å². The van der Waals surface area contributed by atoms with E-state index in [2.05, 4.69) is 0 Å². The second-order valence-corrected chi connectivity index (χ2v) is 5.18. The maximum absolute atomic E-state index is 13.0. The van der Waals surface area contributed by atoms with Gasteiger partial charge in [-0.25, -0.2) is 4.39 Å². The van der Waals surface area contributed by atoms with Crippen LogP contribution in [0, 0.1) is 5.82 Å². The van der Waals surface area contributed by atoms with Crippen LogP contribution in [0.3, 0.4) is 0 Å². The number of aromatic hydroxyl groups is 1. The average Bonchev–Trinajstić information content (AvgIpc) is 2.53. The lowest BCUT2D eigenvalue weighted by Gasteiger charge is -2.14. The molecule has 0 aliphatic carbocycles. The van der Waals surface area contributed by atoms with Crippen LogP contribution in [0.1, 0.15) is 25.3 Å². The zero-order valence-corrected chi connectivity index (χ0v) is 12.8. The van der Waals surface area contributed by atoms with Crippen molar-refractivity contribution in [2.75, 3.05) is 13.2 Å². The van der Waals surface area contributed by atoms with Crippen molar-refractivity contribution in [1.82, 2.24) is 0 Å². The number of unbranched alkanes of at least 4 members (excludes halogenated alkanes) is 1. The molecule has 0 bridgehead atoms. The first kappa shape index (κ1) is 16.3. The third kappa shape index (κ3) is 3.98. The Morgan fingerprint density at radius 2 is 1.86 bits per heavy atom. The van der Waals surface area contributed by atoms with Crippen LogP contribution >= 0.6 is 0 Å². The Morgan fingerprint density at radius 1 is 1.14 bits per heavy atom. The summed E-state index contributed by atoms with van der Waals surface area (Å²) >= 11 is 0. The molecule has 0 saturated heterocycles. The smallest absolute Gasteiger partial charge is 0.127 e. The lowest BCUT2D eigenvalue weighted by molar-refractivity contribution is 0.303. The van der Waals surface area contributed by atoms with E-state index in [9.17, 15) is 9.50 Å². The monoisotopic (exact) mass is 303 g/mol. The Morgan fingerprint density at radius 3 is 2.50 bits per heavy atom. The summed E-state index contributed by atoms with van der Waals surface area (Å²) in [6.45, 7) is 3.27. The fourth-order valence-corrected chi connectivity index (χ4v) is 2.31. The van der Waals surface area contributed by atoms with Crippen LogP contribution in [0.15, 0.2) is 36.4 Å². The Bertz CT molecular complexity index is 611. The first-order valence-electron chi connectivity index (χ1n) is 7.60. The molecule has 3 N–H and O–H groups in total. The van der Waals surface area contributed by atoms with Crippen molar-refractivity contribution in [1.29, 1.82) is 0 Å². The zero-order valence-electron chi connectivity index (χ0n) is 12.8. The molecule has 0 amide bonds. The molecule has 118 valence electrons. The number of hydrogen-bond donors (Lipinski definition) is 2. The van der Waals surface area contributed by atoms with E-state index in [-0.39, 0.29) is 11.6 Å². The number of aryl methyl sites for hydroxylation is 1. The Hall–Kier alpha value is -2.07. The quantitative estimate of drug-likeness (QED) is 0.763. The molecule has 0 unspecified atom stereocenters. The third-order valence-electron chi connectivity index (χ3n) is 3.57. The molecule has 0 fully saturated rings. The SMILES string of the molecule is CCc1cc(-c2ccc(F)cc2)c(O)cc1OCCCCN. The van der Waals surface area contributed by atoms with Crippen LogP contribution in [0.25, 0.3) is 11.1 Å². The minimum atomic E-state index is -0.293. The van der Waals surface area contributed by atoms with E-state index in [0.29, 0.717) is 24.5 Å². The van der Waals surface area contributed by atoms with Gasteiger partial charge < -0.3 is 15.6 Å². The van der Waals surface area contributed by atoms with Gasteiger partial charge in [0.05, 0.1) is 6.61 Å². The van der Waals surface area contributed by atoms with Crippen molar-refractivity contribution in [2.24, 2.45) is 5.73 Å². The number of nitrogens with two attached hydrogens (primary N) is 1. The van der Waals surface area contributed by atoms with Crippen molar-refractivity contribution in [3.05, 3.63) is 47.8 Å². The van der Waals surface area contributed by atoms with Crippen molar-refractivity contribution >= 4 is 0 Å². The van der Waals surface area contributed by atoms with Gasteiger partial charge in [0, 0.05) is 11.6 Å². The Balaban J connectivity index is 2.24. The van der Waals surface area contributed by atoms with E-state index < -0.39 is 0 Å².